The van der Waals surface area contributed by atoms with Gasteiger partial charge in [0, 0.05) is 4.47 Å². The molecule has 10 heteroatoms. The molecule has 0 atom stereocenters. The van der Waals surface area contributed by atoms with Crippen LogP contribution in [0.25, 0.3) is 0 Å². The maximum Gasteiger partial charge on any atom is 0.264 e. The molecule has 0 radical (unpaired) electrons. The summed E-state index contributed by atoms with van der Waals surface area (Å²) in [6, 6.07) is 19.8. The zero-order valence-corrected chi connectivity index (χ0v) is 21.0. The van der Waals surface area contributed by atoms with Crippen LogP contribution in [0.4, 0.5) is 5.69 Å². The first kappa shape index (κ1) is 25.3. The van der Waals surface area contributed by atoms with Gasteiger partial charge < -0.3 is 9.47 Å². The van der Waals surface area contributed by atoms with Crippen molar-refractivity contribution in [2.45, 2.75) is 11.8 Å². The largest absolute Gasteiger partial charge is 0.497 e. The van der Waals surface area contributed by atoms with Crippen LogP contribution in [-0.2, 0) is 14.8 Å². The average molecular weight is 546 g/mol. The third-order valence-corrected chi connectivity index (χ3v) is 6.96. The lowest BCUT2D eigenvalue weighted by Crippen LogP contribution is -2.39. The number of methoxy groups -OCH3 is 1. The van der Waals surface area contributed by atoms with Gasteiger partial charge in [-0.2, -0.15) is 5.10 Å². The summed E-state index contributed by atoms with van der Waals surface area (Å²) in [6.07, 6.45) is 1.46. The fourth-order valence-corrected chi connectivity index (χ4v) is 4.64. The number of carbonyl (C=O) groups is 1. The van der Waals surface area contributed by atoms with E-state index in [0.29, 0.717) is 23.8 Å². The molecule has 0 heterocycles. The summed E-state index contributed by atoms with van der Waals surface area (Å²) in [5, 5.41) is 3.94. The molecule has 0 aliphatic heterocycles. The molecule has 3 aromatic carbocycles. The van der Waals surface area contributed by atoms with Crippen LogP contribution < -0.4 is 19.2 Å². The summed E-state index contributed by atoms with van der Waals surface area (Å²) >= 11 is 3.30. The number of sulfonamides is 1. The Hall–Kier alpha value is -3.37. The third-order valence-electron chi connectivity index (χ3n) is 4.64. The van der Waals surface area contributed by atoms with Crippen LogP contribution in [0.3, 0.4) is 0 Å². The number of nitrogens with one attached hydrogen (secondary N) is 1. The van der Waals surface area contributed by atoms with Gasteiger partial charge in [-0.3, -0.25) is 9.10 Å². The molecule has 1 N–H and O–H groups in total. The number of hydrogen-bond donors (Lipinski definition) is 1. The number of carbonyl (C=O) groups excluding carboxylic acids is 1. The Balaban J connectivity index is 1.81. The van der Waals surface area contributed by atoms with Crippen molar-refractivity contribution in [2.24, 2.45) is 5.10 Å². The van der Waals surface area contributed by atoms with E-state index >= 15 is 0 Å². The number of nitrogens with zero attached hydrogens (tertiary/aromatic N) is 2. The van der Waals surface area contributed by atoms with Crippen molar-refractivity contribution >= 4 is 43.8 Å². The van der Waals surface area contributed by atoms with Gasteiger partial charge in [0.1, 0.15) is 18.0 Å². The predicted octanol–water partition coefficient (Wildman–Crippen LogP) is 4.20. The highest BCUT2D eigenvalue weighted by Gasteiger charge is 2.27. The van der Waals surface area contributed by atoms with Crippen molar-refractivity contribution < 1.29 is 22.7 Å². The van der Waals surface area contributed by atoms with Gasteiger partial charge in [-0.05, 0) is 85.3 Å². The molecule has 8 nitrogen and oxygen atoms in total. The lowest BCUT2D eigenvalue weighted by molar-refractivity contribution is -0.119. The number of ether oxygens (including phenoxy) is 2. The zero-order valence-electron chi connectivity index (χ0n) is 18.6. The normalized spacial score (nSPS) is 11.3. The minimum Gasteiger partial charge on any atom is -0.497 e. The first-order chi connectivity index (χ1) is 16.3. The van der Waals surface area contributed by atoms with E-state index in [4.69, 9.17) is 9.47 Å². The van der Waals surface area contributed by atoms with Crippen molar-refractivity contribution in [2.75, 3.05) is 24.6 Å². The first-order valence-electron chi connectivity index (χ1n) is 10.3. The smallest absolute Gasteiger partial charge is 0.264 e. The van der Waals surface area contributed by atoms with Crippen LogP contribution in [0, 0.1) is 0 Å². The van der Waals surface area contributed by atoms with Crippen molar-refractivity contribution in [3.63, 3.8) is 0 Å². The molecule has 0 saturated heterocycles. The first-order valence-corrected chi connectivity index (χ1v) is 12.5. The summed E-state index contributed by atoms with van der Waals surface area (Å²) < 4.78 is 39.1. The lowest BCUT2D eigenvalue weighted by Gasteiger charge is -2.24. The molecule has 0 unspecified atom stereocenters. The Bertz CT molecular complexity index is 1230. The van der Waals surface area contributed by atoms with E-state index in [2.05, 4.69) is 26.5 Å². The van der Waals surface area contributed by atoms with Gasteiger partial charge in [-0.15, -0.1) is 0 Å². The van der Waals surface area contributed by atoms with Gasteiger partial charge in [0.2, 0.25) is 0 Å². The van der Waals surface area contributed by atoms with Gasteiger partial charge in [0.15, 0.2) is 0 Å². The predicted molar refractivity (Wildman–Crippen MR) is 135 cm³/mol. The maximum atomic E-state index is 13.4. The molecule has 0 aliphatic carbocycles. The number of anilines is 1. The van der Waals surface area contributed by atoms with E-state index in [0.717, 1.165) is 14.3 Å². The highest BCUT2D eigenvalue weighted by molar-refractivity contribution is 9.10. The fraction of sp³-hybridized carbons (Fsp3) is 0.167. The number of halogens is 1. The van der Waals surface area contributed by atoms with E-state index in [1.54, 1.807) is 67.8 Å². The number of hydrazone groups is 1. The van der Waals surface area contributed by atoms with Crippen LogP contribution in [0.1, 0.15) is 12.5 Å². The second-order valence-electron chi connectivity index (χ2n) is 6.96. The van der Waals surface area contributed by atoms with Crippen LogP contribution in [0.2, 0.25) is 0 Å². The summed E-state index contributed by atoms with van der Waals surface area (Å²) in [5.74, 6) is 0.699. The van der Waals surface area contributed by atoms with E-state index in [-0.39, 0.29) is 4.90 Å². The van der Waals surface area contributed by atoms with Gasteiger partial charge in [0.25, 0.3) is 15.9 Å². The summed E-state index contributed by atoms with van der Waals surface area (Å²) in [6.45, 7) is 1.87. The SMILES string of the molecule is CCOc1ccc(N(CC(=O)N/N=C\c2ccc(OC)cc2)S(=O)(=O)c2ccc(Br)cc2)cc1. The summed E-state index contributed by atoms with van der Waals surface area (Å²) in [5.41, 5.74) is 3.45. The second kappa shape index (κ2) is 11.7. The maximum absolute atomic E-state index is 13.4. The molecule has 0 saturated carbocycles. The van der Waals surface area contributed by atoms with Crippen molar-refractivity contribution in [1.29, 1.82) is 0 Å². The highest BCUT2D eigenvalue weighted by Crippen LogP contribution is 2.26. The quantitative estimate of drug-likeness (QED) is 0.304. The summed E-state index contributed by atoms with van der Waals surface area (Å²) in [4.78, 5) is 12.7. The lowest BCUT2D eigenvalue weighted by atomic mass is 10.2. The molecular weight excluding hydrogens is 522 g/mol. The van der Waals surface area contributed by atoms with Crippen LogP contribution in [0.15, 0.2) is 87.3 Å². The van der Waals surface area contributed by atoms with Crippen molar-refractivity contribution in [1.82, 2.24) is 5.43 Å². The standard InChI is InChI=1S/C24H24BrN3O5S/c1-3-33-22-12-8-20(9-13-22)28(34(30,31)23-14-6-19(25)7-15-23)17-24(29)27-26-16-18-4-10-21(32-2)11-5-18/h4-16H,3,17H2,1-2H3,(H,27,29)/b26-16-. The third kappa shape index (κ3) is 6.58. The Morgan fingerprint density at radius 3 is 2.21 bits per heavy atom. The summed E-state index contributed by atoms with van der Waals surface area (Å²) in [7, 11) is -2.46. The monoisotopic (exact) mass is 545 g/mol. The molecule has 0 bridgehead atoms. The molecule has 1 amide bonds. The number of amides is 1. The van der Waals surface area contributed by atoms with E-state index in [1.807, 2.05) is 6.92 Å². The number of hydrogen-bond acceptors (Lipinski definition) is 6. The Morgan fingerprint density at radius 1 is 1.00 bits per heavy atom. The second-order valence-corrected chi connectivity index (χ2v) is 9.74. The Kier molecular flexibility index (Phi) is 8.67. The fourth-order valence-electron chi connectivity index (χ4n) is 2.96. The van der Waals surface area contributed by atoms with Gasteiger partial charge >= 0.3 is 0 Å². The molecule has 3 rings (SSSR count). The molecule has 0 aromatic heterocycles. The average Bonchev–Trinajstić information content (AvgIpc) is 2.84. The minimum absolute atomic E-state index is 0.0547. The molecule has 0 fully saturated rings. The van der Waals surface area contributed by atoms with E-state index in [9.17, 15) is 13.2 Å². The van der Waals surface area contributed by atoms with Crippen molar-refractivity contribution in [3.8, 4) is 11.5 Å². The van der Waals surface area contributed by atoms with Gasteiger partial charge in [-0.25, -0.2) is 13.8 Å². The highest BCUT2D eigenvalue weighted by atomic mass is 79.9. The van der Waals surface area contributed by atoms with Gasteiger partial charge in [0.05, 0.1) is 30.5 Å². The number of benzene rings is 3. The van der Waals surface area contributed by atoms with Crippen LogP contribution in [0.5, 0.6) is 11.5 Å². The topological polar surface area (TPSA) is 97.3 Å². The van der Waals surface area contributed by atoms with Gasteiger partial charge in [-0.1, -0.05) is 15.9 Å². The van der Waals surface area contributed by atoms with Crippen LogP contribution >= 0.6 is 15.9 Å². The molecular formula is C24H24BrN3O5S. The van der Waals surface area contributed by atoms with E-state index in [1.165, 1.54) is 18.3 Å². The molecule has 3 aromatic rings. The van der Waals surface area contributed by atoms with E-state index < -0.39 is 22.5 Å². The zero-order chi connectivity index (χ0) is 24.6. The van der Waals surface area contributed by atoms with Crippen molar-refractivity contribution in [3.05, 3.63) is 82.8 Å². The number of rotatable bonds is 10. The molecule has 34 heavy (non-hydrogen) atoms. The molecule has 0 spiro atoms. The minimum atomic E-state index is -4.03. The molecule has 0 aliphatic rings. The Labute approximate surface area is 207 Å². The van der Waals surface area contributed by atoms with Crippen LogP contribution in [-0.4, -0.2) is 40.8 Å². The Morgan fingerprint density at radius 2 is 1.62 bits per heavy atom. The molecule has 178 valence electrons.